The van der Waals surface area contributed by atoms with Gasteiger partial charge in [0.2, 0.25) is 0 Å². The van der Waals surface area contributed by atoms with Crippen LogP contribution in [0.1, 0.15) is 63.0 Å². The van der Waals surface area contributed by atoms with E-state index in [1.54, 1.807) is 0 Å². The Labute approximate surface area is 148 Å². The van der Waals surface area contributed by atoms with Crippen LogP contribution in [0.25, 0.3) is 10.9 Å². The molecule has 0 aliphatic rings. The largest absolute Gasteiger partial charge is 0.456 e. The zero-order valence-electron chi connectivity index (χ0n) is 16.3. The fraction of sp³-hybridized carbons (Fsp3) is 0.500. The molecule has 1 aromatic carbocycles. The first-order valence-corrected chi connectivity index (χ1v) is 8.37. The Morgan fingerprint density at radius 3 is 2.00 bits per heavy atom. The molecule has 0 fully saturated rings. The zero-order chi connectivity index (χ0) is 19.2. The normalized spacial score (nSPS) is 12.3. The minimum absolute atomic E-state index is 0.364. The van der Waals surface area contributed by atoms with Crippen LogP contribution in [-0.2, 0) is 9.47 Å². The molecule has 25 heavy (non-hydrogen) atoms. The highest BCUT2D eigenvalue weighted by Gasteiger charge is 2.26. The second-order valence-electron chi connectivity index (χ2n) is 8.37. The monoisotopic (exact) mass is 345 g/mol. The van der Waals surface area contributed by atoms with E-state index < -0.39 is 23.3 Å². The number of aromatic nitrogens is 1. The molecule has 0 radical (unpaired) electrons. The van der Waals surface area contributed by atoms with Gasteiger partial charge in [0, 0.05) is 11.6 Å². The van der Waals surface area contributed by atoms with Gasteiger partial charge in [0.05, 0.1) is 11.1 Å². The molecule has 0 bridgehead atoms. The van der Waals surface area contributed by atoms with Gasteiger partial charge in [-0.25, -0.2) is 9.59 Å². The quantitative estimate of drug-likeness (QED) is 0.683. The molecule has 0 atom stereocenters. The van der Waals surface area contributed by atoms with Gasteiger partial charge in [0.25, 0.3) is 0 Å². The average Bonchev–Trinajstić information content (AvgIpc) is 2.74. The van der Waals surface area contributed by atoms with Gasteiger partial charge in [-0.15, -0.1) is 0 Å². The molecule has 0 aliphatic carbocycles. The molecule has 0 saturated heterocycles. The van der Waals surface area contributed by atoms with Crippen LogP contribution in [0.15, 0.2) is 18.3 Å². The second-order valence-corrected chi connectivity index (χ2v) is 8.37. The number of esters is 1. The Balaban J connectivity index is 2.64. The maximum atomic E-state index is 12.6. The number of benzene rings is 1. The predicted octanol–water partition coefficient (Wildman–Crippen LogP) is 5.00. The lowest BCUT2D eigenvalue weighted by molar-refractivity contribution is 0.00718. The van der Waals surface area contributed by atoms with Gasteiger partial charge in [-0.05, 0) is 67.0 Å². The first kappa shape index (κ1) is 19.0. The zero-order valence-corrected chi connectivity index (χ0v) is 16.3. The van der Waals surface area contributed by atoms with Crippen molar-refractivity contribution in [2.45, 2.75) is 66.6 Å². The van der Waals surface area contributed by atoms with Gasteiger partial charge < -0.3 is 9.47 Å². The van der Waals surface area contributed by atoms with Crippen molar-refractivity contribution in [3.63, 3.8) is 0 Å². The number of nitrogens with zero attached hydrogens (tertiary/aromatic N) is 1. The van der Waals surface area contributed by atoms with Crippen molar-refractivity contribution in [1.29, 1.82) is 0 Å². The highest BCUT2D eigenvalue weighted by molar-refractivity contribution is 6.07. The third-order valence-corrected chi connectivity index (χ3v) is 3.44. The summed E-state index contributed by atoms with van der Waals surface area (Å²) in [5.41, 5.74) is 1.70. The standard InChI is InChI=1S/C20H27NO4/c1-12-9-13(2)16-14(10-12)15(17(22)24-19(3,4)5)11-21(16)18(23)25-20(6,7)8/h9-11H,1-8H3. The van der Waals surface area contributed by atoms with Crippen LogP contribution in [0.3, 0.4) is 0 Å². The molecule has 5 nitrogen and oxygen atoms in total. The molecule has 1 aromatic heterocycles. The lowest BCUT2D eigenvalue weighted by Crippen LogP contribution is -2.27. The Morgan fingerprint density at radius 2 is 1.48 bits per heavy atom. The molecule has 0 N–H and O–H groups in total. The van der Waals surface area contributed by atoms with E-state index >= 15 is 0 Å². The van der Waals surface area contributed by atoms with Gasteiger partial charge in [-0.1, -0.05) is 11.6 Å². The predicted molar refractivity (Wildman–Crippen MR) is 98.2 cm³/mol. The molecule has 1 heterocycles. The summed E-state index contributed by atoms with van der Waals surface area (Å²) in [7, 11) is 0. The Bertz CT molecular complexity index is 832. The SMILES string of the molecule is Cc1cc(C)c2c(c1)c(C(=O)OC(C)(C)C)cn2C(=O)OC(C)(C)C. The summed E-state index contributed by atoms with van der Waals surface area (Å²) in [6.45, 7) is 14.7. The van der Waals surface area contributed by atoms with E-state index in [1.165, 1.54) is 10.8 Å². The Morgan fingerprint density at radius 1 is 0.920 bits per heavy atom. The highest BCUT2D eigenvalue weighted by Crippen LogP contribution is 2.28. The van der Waals surface area contributed by atoms with E-state index in [-0.39, 0.29) is 0 Å². The molecular formula is C20H27NO4. The topological polar surface area (TPSA) is 57.5 Å². The third-order valence-electron chi connectivity index (χ3n) is 3.44. The number of ether oxygens (including phenoxy) is 2. The molecule has 2 rings (SSSR count). The summed E-state index contributed by atoms with van der Waals surface area (Å²) in [6.07, 6.45) is 0.999. The fourth-order valence-electron chi connectivity index (χ4n) is 2.70. The maximum absolute atomic E-state index is 12.6. The van der Waals surface area contributed by atoms with E-state index in [0.29, 0.717) is 16.5 Å². The van der Waals surface area contributed by atoms with E-state index in [0.717, 1.165) is 11.1 Å². The van der Waals surface area contributed by atoms with Gasteiger partial charge in [0.15, 0.2) is 0 Å². The lowest BCUT2D eigenvalue weighted by atomic mass is 10.1. The minimum atomic E-state index is -0.627. The summed E-state index contributed by atoms with van der Waals surface area (Å²) in [4.78, 5) is 25.3. The van der Waals surface area contributed by atoms with Gasteiger partial charge in [0.1, 0.15) is 11.2 Å². The van der Waals surface area contributed by atoms with Crippen molar-refractivity contribution >= 4 is 23.0 Å². The number of hydrogen-bond donors (Lipinski definition) is 0. The summed E-state index contributed by atoms with van der Waals surface area (Å²) >= 11 is 0. The summed E-state index contributed by atoms with van der Waals surface area (Å²) in [5.74, 6) is -0.454. The molecular weight excluding hydrogens is 318 g/mol. The van der Waals surface area contributed by atoms with Crippen molar-refractivity contribution in [2.75, 3.05) is 0 Å². The van der Waals surface area contributed by atoms with Crippen LogP contribution >= 0.6 is 0 Å². The van der Waals surface area contributed by atoms with E-state index in [2.05, 4.69) is 0 Å². The molecule has 2 aromatic rings. The summed E-state index contributed by atoms with van der Waals surface area (Å²) in [5, 5.41) is 0.692. The van der Waals surface area contributed by atoms with Crippen LogP contribution in [0.5, 0.6) is 0 Å². The molecule has 0 unspecified atom stereocenters. The molecule has 0 saturated carbocycles. The number of rotatable bonds is 1. The first-order valence-electron chi connectivity index (χ1n) is 8.37. The first-order chi connectivity index (χ1) is 11.3. The van der Waals surface area contributed by atoms with Gasteiger partial charge in [-0.2, -0.15) is 0 Å². The van der Waals surface area contributed by atoms with Crippen molar-refractivity contribution in [3.05, 3.63) is 35.0 Å². The number of hydrogen-bond acceptors (Lipinski definition) is 4. The van der Waals surface area contributed by atoms with E-state index in [9.17, 15) is 9.59 Å². The average molecular weight is 345 g/mol. The number of fused-ring (bicyclic) bond motifs is 1. The van der Waals surface area contributed by atoms with Crippen molar-refractivity contribution in [1.82, 2.24) is 4.57 Å². The van der Waals surface area contributed by atoms with Crippen LogP contribution in [0.2, 0.25) is 0 Å². The molecule has 0 amide bonds. The molecule has 136 valence electrons. The van der Waals surface area contributed by atoms with E-state index in [1.807, 2.05) is 67.5 Å². The summed E-state index contributed by atoms with van der Waals surface area (Å²) in [6, 6.07) is 3.87. The van der Waals surface area contributed by atoms with Crippen LogP contribution in [0, 0.1) is 13.8 Å². The molecule has 0 aliphatic heterocycles. The number of carbonyl (C=O) groups excluding carboxylic acids is 2. The van der Waals surface area contributed by atoms with Crippen LogP contribution < -0.4 is 0 Å². The van der Waals surface area contributed by atoms with Crippen LogP contribution in [-0.4, -0.2) is 27.8 Å². The Kier molecular flexibility index (Phi) is 4.73. The number of aryl methyl sites for hydroxylation is 2. The Hall–Kier alpha value is -2.30. The van der Waals surface area contributed by atoms with Crippen molar-refractivity contribution in [3.8, 4) is 0 Å². The van der Waals surface area contributed by atoms with Crippen molar-refractivity contribution < 1.29 is 19.1 Å². The van der Waals surface area contributed by atoms with E-state index in [4.69, 9.17) is 9.47 Å². The lowest BCUT2D eigenvalue weighted by Gasteiger charge is -2.20. The van der Waals surface area contributed by atoms with Crippen LogP contribution in [0.4, 0.5) is 4.79 Å². The van der Waals surface area contributed by atoms with Crippen molar-refractivity contribution in [2.24, 2.45) is 0 Å². The van der Waals surface area contributed by atoms with Gasteiger partial charge >= 0.3 is 12.1 Å². The van der Waals surface area contributed by atoms with Gasteiger partial charge in [-0.3, -0.25) is 4.57 Å². The minimum Gasteiger partial charge on any atom is -0.456 e. The third kappa shape index (κ3) is 4.41. The second kappa shape index (κ2) is 6.21. The fourth-order valence-corrected chi connectivity index (χ4v) is 2.70. The highest BCUT2D eigenvalue weighted by atomic mass is 16.6. The smallest absolute Gasteiger partial charge is 0.419 e. The summed E-state index contributed by atoms with van der Waals surface area (Å²) < 4.78 is 12.4. The molecule has 5 heteroatoms. The maximum Gasteiger partial charge on any atom is 0.419 e. The molecule has 0 spiro atoms. The number of carbonyl (C=O) groups is 2.